The third-order valence-electron chi connectivity index (χ3n) is 7.03. The van der Waals surface area contributed by atoms with Gasteiger partial charge in [-0.15, -0.1) is 0 Å². The Labute approximate surface area is 219 Å². The van der Waals surface area contributed by atoms with Crippen LogP contribution in [0.4, 0.5) is 0 Å². The number of sulfonamides is 1. The lowest BCUT2D eigenvalue weighted by Crippen LogP contribution is -2.52. The molecule has 2 aromatic heterocycles. The van der Waals surface area contributed by atoms with Gasteiger partial charge in [0.15, 0.2) is 18.2 Å². The lowest BCUT2D eigenvalue weighted by Gasteiger charge is -2.28. The molecule has 11 nitrogen and oxygen atoms in total. The second-order valence-corrected chi connectivity index (χ2v) is 11.3. The van der Waals surface area contributed by atoms with Gasteiger partial charge >= 0.3 is 0 Å². The van der Waals surface area contributed by atoms with Crippen LogP contribution in [0.5, 0.6) is 0 Å². The first-order valence-corrected chi connectivity index (χ1v) is 13.8. The zero-order chi connectivity index (χ0) is 27.0. The van der Waals surface area contributed by atoms with Crippen molar-refractivity contribution in [2.24, 2.45) is 0 Å². The van der Waals surface area contributed by atoms with E-state index in [1.54, 1.807) is 18.2 Å². The number of nitrogens with one attached hydrogen (secondary N) is 1. The van der Waals surface area contributed by atoms with Crippen LogP contribution >= 0.6 is 0 Å². The maximum atomic E-state index is 13.6. The van der Waals surface area contributed by atoms with Crippen LogP contribution in [-0.2, 0) is 19.6 Å². The molecule has 38 heavy (non-hydrogen) atoms. The number of hydrogen-bond donors (Lipinski definition) is 1. The van der Waals surface area contributed by atoms with E-state index in [2.05, 4.69) is 10.3 Å². The molecular weight excluding hydrogens is 510 g/mol. The number of benzene rings is 1. The average Bonchev–Trinajstić information content (AvgIpc) is 3.49. The van der Waals surface area contributed by atoms with E-state index in [-0.39, 0.29) is 30.1 Å². The highest BCUT2D eigenvalue weighted by Crippen LogP contribution is 2.34. The number of para-hydroxylation sites is 1. The van der Waals surface area contributed by atoms with E-state index < -0.39 is 45.7 Å². The van der Waals surface area contributed by atoms with Gasteiger partial charge in [0.05, 0.1) is 18.1 Å². The Kier molecular flexibility index (Phi) is 6.84. The molecule has 3 aromatic rings. The van der Waals surface area contributed by atoms with Crippen LogP contribution < -0.4 is 10.0 Å². The lowest BCUT2D eigenvalue weighted by atomic mass is 10.1. The van der Waals surface area contributed by atoms with E-state index in [9.17, 15) is 28.0 Å². The van der Waals surface area contributed by atoms with Crippen LogP contribution in [0.15, 0.2) is 65.8 Å². The van der Waals surface area contributed by atoms with E-state index in [0.29, 0.717) is 23.1 Å². The van der Waals surface area contributed by atoms with Gasteiger partial charge in [-0.25, -0.2) is 13.4 Å². The molecule has 2 aliphatic rings. The number of ketones is 1. The molecular formula is C26H27N5O6S. The summed E-state index contributed by atoms with van der Waals surface area (Å²) < 4.78 is 27.9. The molecule has 198 valence electrons. The smallest absolute Gasteiger partial charge is 0.270 e. The summed E-state index contributed by atoms with van der Waals surface area (Å²) in [6.07, 6.45) is 3.32. The van der Waals surface area contributed by atoms with Crippen LogP contribution in [0, 0.1) is 5.21 Å². The van der Waals surface area contributed by atoms with Gasteiger partial charge in [0, 0.05) is 18.0 Å². The van der Waals surface area contributed by atoms with E-state index in [0.717, 1.165) is 15.9 Å². The van der Waals surface area contributed by atoms with Crippen molar-refractivity contribution in [1.29, 1.82) is 0 Å². The van der Waals surface area contributed by atoms with E-state index >= 15 is 0 Å². The standard InChI is InChI=1S/C26H27N5O6S/c1-2-6-21(28-25(33)20-11-10-17-7-3-4-9-19(17)27-20)26(34)30-14-12-22-24(30)23(32)16-31(22)38(36,37)18-8-5-13-29(35)15-18/h3-5,7-11,13,15,21-22,24H,2,6,12,14,16H2,1H3,(H,28,33). The fourth-order valence-electron chi connectivity index (χ4n) is 5.23. The van der Waals surface area contributed by atoms with E-state index in [1.165, 1.54) is 23.2 Å². The van der Waals surface area contributed by atoms with E-state index in [1.807, 2.05) is 25.1 Å². The number of pyridine rings is 2. The summed E-state index contributed by atoms with van der Waals surface area (Å²) in [5.41, 5.74) is 0.823. The average molecular weight is 538 g/mol. The Balaban J connectivity index is 1.35. The normalized spacial score (nSPS) is 20.4. The van der Waals surface area contributed by atoms with Crippen molar-refractivity contribution in [1.82, 2.24) is 19.5 Å². The SMILES string of the molecule is CCCC(NC(=O)c1ccc2ccccc2n1)C(=O)N1CCC2C1C(=O)CN2S(=O)(=O)c1ccc[n+]([O-])c1. The summed E-state index contributed by atoms with van der Waals surface area (Å²) in [5.74, 6) is -1.33. The molecule has 2 fully saturated rings. The highest BCUT2D eigenvalue weighted by Gasteiger charge is 2.54. The van der Waals surface area contributed by atoms with Gasteiger partial charge in [0.25, 0.3) is 5.91 Å². The zero-order valence-electron chi connectivity index (χ0n) is 20.7. The van der Waals surface area contributed by atoms with Gasteiger partial charge in [-0.2, -0.15) is 9.04 Å². The molecule has 1 N–H and O–H groups in total. The van der Waals surface area contributed by atoms with Gasteiger partial charge in [-0.05, 0) is 31.0 Å². The summed E-state index contributed by atoms with van der Waals surface area (Å²) in [7, 11) is -4.13. The van der Waals surface area contributed by atoms with Crippen LogP contribution in [0.1, 0.15) is 36.7 Å². The van der Waals surface area contributed by atoms with Crippen molar-refractivity contribution in [3.8, 4) is 0 Å². The Morgan fingerprint density at radius 3 is 2.74 bits per heavy atom. The first-order chi connectivity index (χ1) is 18.2. The third kappa shape index (κ3) is 4.61. The number of amides is 2. The highest BCUT2D eigenvalue weighted by molar-refractivity contribution is 7.89. The Hall–Kier alpha value is -3.90. The van der Waals surface area contributed by atoms with Gasteiger partial charge in [0.1, 0.15) is 22.7 Å². The zero-order valence-corrected chi connectivity index (χ0v) is 21.5. The molecule has 12 heteroatoms. The molecule has 1 aromatic carbocycles. The summed E-state index contributed by atoms with van der Waals surface area (Å²) in [6.45, 7) is 1.66. The predicted molar refractivity (Wildman–Crippen MR) is 136 cm³/mol. The minimum atomic E-state index is -4.13. The number of Topliss-reactive ketones (excluding diaryl/α,β-unsaturated/α-hetero) is 1. The van der Waals surface area contributed by atoms with Crippen LogP contribution in [-0.4, -0.2) is 71.4 Å². The molecule has 2 amide bonds. The molecule has 3 unspecified atom stereocenters. The Morgan fingerprint density at radius 1 is 1.18 bits per heavy atom. The first-order valence-electron chi connectivity index (χ1n) is 12.4. The molecule has 0 saturated carbocycles. The monoisotopic (exact) mass is 537 g/mol. The molecule has 5 rings (SSSR count). The van der Waals surface area contributed by atoms with Crippen molar-refractivity contribution in [3.63, 3.8) is 0 Å². The molecule has 0 radical (unpaired) electrons. The fraction of sp³-hybridized carbons (Fsp3) is 0.346. The Bertz CT molecular complexity index is 1530. The van der Waals surface area contributed by atoms with Gasteiger partial charge in [-0.3, -0.25) is 14.4 Å². The quantitative estimate of drug-likeness (QED) is 0.350. The molecule has 3 atom stereocenters. The lowest BCUT2D eigenvalue weighted by molar-refractivity contribution is -0.607. The number of aromatic nitrogens is 2. The number of carbonyl (C=O) groups excluding carboxylic acids is 3. The minimum absolute atomic E-state index is 0.171. The molecule has 2 saturated heterocycles. The van der Waals surface area contributed by atoms with E-state index in [4.69, 9.17) is 0 Å². The van der Waals surface area contributed by atoms with Crippen molar-refractivity contribution < 1.29 is 27.5 Å². The van der Waals surface area contributed by atoms with Crippen LogP contribution in [0.25, 0.3) is 10.9 Å². The maximum Gasteiger partial charge on any atom is 0.270 e. The summed E-state index contributed by atoms with van der Waals surface area (Å²) in [6, 6.07) is 10.8. The third-order valence-corrected chi connectivity index (χ3v) is 8.88. The predicted octanol–water partition coefficient (Wildman–Crippen LogP) is 1.01. The van der Waals surface area contributed by atoms with Crippen molar-refractivity contribution in [2.75, 3.05) is 13.1 Å². The van der Waals surface area contributed by atoms with Crippen LogP contribution in [0.3, 0.4) is 0 Å². The van der Waals surface area contributed by atoms with Crippen molar-refractivity contribution >= 4 is 38.5 Å². The summed E-state index contributed by atoms with van der Waals surface area (Å²) in [4.78, 5) is 45.2. The first kappa shape index (κ1) is 25.7. The molecule has 0 aliphatic carbocycles. The second-order valence-electron chi connectivity index (χ2n) is 9.45. The topological polar surface area (TPSA) is 144 Å². The molecule has 0 spiro atoms. The van der Waals surface area contributed by atoms with Crippen LogP contribution in [0.2, 0.25) is 0 Å². The van der Waals surface area contributed by atoms with Gasteiger partial charge in [0.2, 0.25) is 15.9 Å². The fourth-order valence-corrected chi connectivity index (χ4v) is 6.87. The minimum Gasteiger partial charge on any atom is -0.619 e. The number of nitrogens with zero attached hydrogens (tertiary/aromatic N) is 4. The summed E-state index contributed by atoms with van der Waals surface area (Å²) >= 11 is 0. The maximum absolute atomic E-state index is 13.6. The summed E-state index contributed by atoms with van der Waals surface area (Å²) in [5, 5.41) is 15.3. The van der Waals surface area contributed by atoms with Crippen molar-refractivity contribution in [3.05, 3.63) is 71.8 Å². The number of likely N-dealkylation sites (tertiary alicyclic amines) is 1. The van der Waals surface area contributed by atoms with Crippen molar-refractivity contribution in [2.45, 2.75) is 49.2 Å². The largest absolute Gasteiger partial charge is 0.619 e. The molecule has 2 aliphatic heterocycles. The van der Waals surface area contributed by atoms with Gasteiger partial charge < -0.3 is 15.4 Å². The Morgan fingerprint density at radius 2 is 1.97 bits per heavy atom. The number of fused-ring (bicyclic) bond motifs is 2. The van der Waals surface area contributed by atoms with Gasteiger partial charge in [-0.1, -0.05) is 37.6 Å². The number of rotatable bonds is 7. The second kappa shape index (κ2) is 10.1. The molecule has 0 bridgehead atoms. The highest BCUT2D eigenvalue weighted by atomic mass is 32.2. The number of hydrogen-bond acceptors (Lipinski definition) is 7. The number of carbonyl (C=O) groups is 3. The molecule has 4 heterocycles.